The van der Waals surface area contributed by atoms with Crippen LogP contribution in [-0.2, 0) is 36.8 Å². The van der Waals surface area contributed by atoms with Gasteiger partial charge in [-0.05, 0) is 80.5 Å². The molecule has 6 N–H and O–H groups in total. The van der Waals surface area contributed by atoms with Crippen LogP contribution in [0.3, 0.4) is 0 Å². The van der Waals surface area contributed by atoms with Crippen molar-refractivity contribution in [2.45, 2.75) is 76.4 Å². The third-order valence-corrected chi connectivity index (χ3v) is 7.45. The lowest BCUT2D eigenvalue weighted by Gasteiger charge is -2.25. The van der Waals surface area contributed by atoms with Crippen LogP contribution in [0.2, 0.25) is 0 Å². The van der Waals surface area contributed by atoms with Crippen molar-refractivity contribution in [3.05, 3.63) is 47.5 Å². The molecule has 1 aromatic heterocycles. The number of esters is 1. The average molecular weight is 550 g/mol. The molecule has 0 radical (unpaired) electrons. The molecule has 1 unspecified atom stereocenters. The van der Waals surface area contributed by atoms with Crippen molar-refractivity contribution in [1.82, 2.24) is 20.9 Å². The van der Waals surface area contributed by atoms with Crippen LogP contribution in [0.15, 0.2) is 36.4 Å². The van der Waals surface area contributed by atoms with Gasteiger partial charge in [-0.2, -0.15) is 0 Å². The zero-order chi connectivity index (χ0) is 28.6. The highest BCUT2D eigenvalue weighted by Crippen LogP contribution is 2.28. The Morgan fingerprint density at radius 3 is 2.35 bits per heavy atom. The molecular weight excluding hydrogens is 510 g/mol. The number of carbonyl (C=O) groups is 4. The van der Waals surface area contributed by atoms with E-state index in [1.165, 1.54) is 19.6 Å². The molecule has 10 nitrogen and oxygen atoms in total. The van der Waals surface area contributed by atoms with Gasteiger partial charge in [0.2, 0.25) is 17.7 Å². The molecule has 2 heterocycles. The van der Waals surface area contributed by atoms with Gasteiger partial charge in [0.1, 0.15) is 18.1 Å². The molecule has 0 saturated heterocycles. The number of carbonyl (C=O) groups excluding carboxylic acids is 4. The van der Waals surface area contributed by atoms with Crippen LogP contribution in [0.5, 0.6) is 0 Å². The minimum absolute atomic E-state index is 0.246. The van der Waals surface area contributed by atoms with Crippen molar-refractivity contribution < 1.29 is 23.9 Å². The van der Waals surface area contributed by atoms with Crippen molar-refractivity contribution in [1.29, 1.82) is 0 Å². The maximum atomic E-state index is 13.5. The lowest BCUT2D eigenvalue weighted by molar-refractivity contribution is -0.145. The van der Waals surface area contributed by atoms with Crippen LogP contribution in [0.4, 0.5) is 0 Å². The number of unbranched alkanes of at least 4 members (excludes halogenated alkanes) is 1. The fourth-order valence-corrected chi connectivity index (χ4v) is 5.34. The van der Waals surface area contributed by atoms with Gasteiger partial charge in [-0.3, -0.25) is 14.4 Å². The summed E-state index contributed by atoms with van der Waals surface area (Å²) >= 11 is 0. The van der Waals surface area contributed by atoms with E-state index in [2.05, 4.69) is 45.2 Å². The van der Waals surface area contributed by atoms with Crippen molar-refractivity contribution >= 4 is 45.5 Å². The van der Waals surface area contributed by atoms with Crippen molar-refractivity contribution in [3.8, 4) is 0 Å². The van der Waals surface area contributed by atoms with Gasteiger partial charge in [-0.15, -0.1) is 0 Å². The molecule has 10 heteroatoms. The zero-order valence-electron chi connectivity index (χ0n) is 23.2. The number of rotatable bonds is 6. The summed E-state index contributed by atoms with van der Waals surface area (Å²) in [6.45, 7) is 1.81. The third-order valence-electron chi connectivity index (χ3n) is 7.45. The van der Waals surface area contributed by atoms with Crippen molar-refractivity contribution in [2.75, 3.05) is 13.7 Å². The Morgan fingerprint density at radius 1 is 0.975 bits per heavy atom. The molecule has 3 amide bonds. The van der Waals surface area contributed by atoms with E-state index in [1.54, 1.807) is 0 Å². The number of H-pyrrole nitrogens is 1. The SMILES string of the molecule is COC(=O)[C@@H]1CCCCc2ccc3[nH]c4ccc(cc4c3c2)CC(NC(C)=O)C(=O)N[C@@H](CCCCN)C(=O)N1. The topological polar surface area (TPSA) is 155 Å². The minimum Gasteiger partial charge on any atom is -0.467 e. The quantitative estimate of drug-likeness (QED) is 0.235. The molecule has 1 aliphatic heterocycles. The molecule has 0 fully saturated rings. The zero-order valence-corrected chi connectivity index (χ0v) is 23.2. The Morgan fingerprint density at radius 2 is 1.68 bits per heavy atom. The van der Waals surface area contributed by atoms with Crippen LogP contribution in [0.1, 0.15) is 56.6 Å². The predicted octanol–water partition coefficient (Wildman–Crippen LogP) is 2.37. The van der Waals surface area contributed by atoms with E-state index < -0.39 is 35.9 Å². The molecule has 0 saturated carbocycles. The second kappa shape index (κ2) is 13.4. The number of methoxy groups -OCH3 is 1. The van der Waals surface area contributed by atoms with Crippen molar-refractivity contribution in [3.63, 3.8) is 0 Å². The minimum atomic E-state index is -0.895. The van der Waals surface area contributed by atoms with Crippen LogP contribution >= 0.6 is 0 Å². The lowest BCUT2D eigenvalue weighted by Crippen LogP contribution is -2.56. The van der Waals surface area contributed by atoms with E-state index in [0.29, 0.717) is 38.6 Å². The number of ether oxygens (including phenoxy) is 1. The molecule has 40 heavy (non-hydrogen) atoms. The Hall–Kier alpha value is -3.92. The first kappa shape index (κ1) is 29.1. The summed E-state index contributed by atoms with van der Waals surface area (Å²) in [7, 11) is 1.29. The second-order valence-electron chi connectivity index (χ2n) is 10.5. The van der Waals surface area contributed by atoms with E-state index in [1.807, 2.05) is 12.1 Å². The molecule has 2 aromatic carbocycles. The molecule has 4 bridgehead atoms. The summed E-state index contributed by atoms with van der Waals surface area (Å²) in [5.41, 5.74) is 9.72. The third kappa shape index (κ3) is 7.18. The Balaban J connectivity index is 1.71. The normalized spacial score (nSPS) is 20.7. The largest absolute Gasteiger partial charge is 0.467 e. The monoisotopic (exact) mass is 549 g/mol. The predicted molar refractivity (Wildman–Crippen MR) is 153 cm³/mol. The molecule has 4 rings (SSSR count). The van der Waals surface area contributed by atoms with E-state index >= 15 is 0 Å². The maximum Gasteiger partial charge on any atom is 0.328 e. The highest BCUT2D eigenvalue weighted by atomic mass is 16.5. The number of hydrogen-bond donors (Lipinski definition) is 5. The fraction of sp³-hybridized carbons (Fsp3) is 0.467. The first-order valence-corrected chi connectivity index (χ1v) is 14.0. The van der Waals surface area contributed by atoms with Crippen LogP contribution < -0.4 is 21.7 Å². The number of aryl methyl sites for hydroxylation is 1. The molecule has 3 atom stereocenters. The Kier molecular flexibility index (Phi) is 9.76. The Bertz CT molecular complexity index is 1380. The Labute approximate surface area is 233 Å². The lowest BCUT2D eigenvalue weighted by atomic mass is 9.99. The van der Waals surface area contributed by atoms with Gasteiger partial charge < -0.3 is 31.4 Å². The van der Waals surface area contributed by atoms with Gasteiger partial charge in [0.15, 0.2) is 0 Å². The molecule has 0 spiro atoms. The summed E-state index contributed by atoms with van der Waals surface area (Å²) in [5.74, 6) is -1.82. The molecule has 0 aliphatic carbocycles. The van der Waals surface area contributed by atoms with E-state index in [9.17, 15) is 19.2 Å². The molecule has 3 aromatic rings. The van der Waals surface area contributed by atoms with Crippen molar-refractivity contribution in [2.24, 2.45) is 5.73 Å². The van der Waals surface area contributed by atoms with Gasteiger partial charge in [-0.1, -0.05) is 18.6 Å². The molecular formula is C30H39N5O5. The number of hydrogen-bond acceptors (Lipinski definition) is 6. The van der Waals surface area contributed by atoms with Gasteiger partial charge in [-0.25, -0.2) is 4.79 Å². The summed E-state index contributed by atoms with van der Waals surface area (Å²) < 4.78 is 4.96. The first-order chi connectivity index (χ1) is 19.3. The van der Waals surface area contributed by atoms with E-state index in [-0.39, 0.29) is 12.3 Å². The summed E-state index contributed by atoms with van der Waals surface area (Å²) in [5, 5.41) is 10.5. The smallest absolute Gasteiger partial charge is 0.328 e. The highest BCUT2D eigenvalue weighted by molar-refractivity contribution is 6.07. The number of fused-ring (bicyclic) bond motifs is 2. The van der Waals surface area contributed by atoms with Crippen LogP contribution in [0, 0.1) is 0 Å². The summed E-state index contributed by atoms with van der Waals surface area (Å²) in [4.78, 5) is 54.9. The van der Waals surface area contributed by atoms with Crippen LogP contribution in [0.25, 0.3) is 21.8 Å². The van der Waals surface area contributed by atoms with Crippen LogP contribution in [-0.4, -0.2) is 60.5 Å². The number of amides is 3. The second-order valence-corrected chi connectivity index (χ2v) is 10.5. The summed E-state index contributed by atoms with van der Waals surface area (Å²) in [6, 6.07) is 9.69. The standard InChI is InChI=1S/C30H39N5O5/c1-18(36)32-27-17-20-11-13-24-22(16-20)21-15-19(10-12-23(21)33-24)7-3-4-9-26(30(39)40-2)35-28(37)25(34-29(27)38)8-5-6-14-31/h10-13,15-16,25-27,33H,3-9,14,17,31H2,1-2H3,(H,32,36)(H,34,38)(H,35,37)/t25-,26-,27?/m0/s1. The highest BCUT2D eigenvalue weighted by Gasteiger charge is 2.29. The number of aromatic nitrogens is 1. The number of benzene rings is 2. The first-order valence-electron chi connectivity index (χ1n) is 14.0. The molecule has 1 aliphatic rings. The van der Waals surface area contributed by atoms with Gasteiger partial charge in [0.05, 0.1) is 7.11 Å². The maximum absolute atomic E-state index is 13.5. The summed E-state index contributed by atoms with van der Waals surface area (Å²) in [6.07, 6.45) is 4.65. The number of nitrogens with two attached hydrogens (primary N) is 1. The van der Waals surface area contributed by atoms with E-state index in [0.717, 1.165) is 40.2 Å². The molecule has 214 valence electrons. The van der Waals surface area contributed by atoms with E-state index in [4.69, 9.17) is 10.5 Å². The average Bonchev–Trinajstić information content (AvgIpc) is 3.29. The van der Waals surface area contributed by atoms with Gasteiger partial charge in [0.25, 0.3) is 0 Å². The number of nitrogens with one attached hydrogen (secondary N) is 4. The number of aromatic amines is 1. The van der Waals surface area contributed by atoms with Gasteiger partial charge >= 0.3 is 5.97 Å². The fourth-order valence-electron chi connectivity index (χ4n) is 5.34. The van der Waals surface area contributed by atoms with Gasteiger partial charge in [0, 0.05) is 35.2 Å².